The monoisotopic (exact) mass is 842 g/mol. The lowest BCUT2D eigenvalue weighted by atomic mass is 9.95. The van der Waals surface area contributed by atoms with Gasteiger partial charge in [0.1, 0.15) is 0 Å². The first-order valence-electron chi connectivity index (χ1n) is 22.6. The van der Waals surface area contributed by atoms with Crippen LogP contribution in [0.1, 0.15) is 0 Å². The smallest absolute Gasteiger partial charge is 0.0621 e. The van der Waals surface area contributed by atoms with Gasteiger partial charge in [-0.2, -0.15) is 0 Å². The molecule has 0 fully saturated rings. The van der Waals surface area contributed by atoms with Gasteiger partial charge in [-0.3, -0.25) is 0 Å². The normalized spacial score (nSPS) is 11.6. The molecule has 0 aliphatic rings. The summed E-state index contributed by atoms with van der Waals surface area (Å²) >= 11 is 0. The average Bonchev–Trinajstić information content (AvgIpc) is 3.90. The maximum absolute atomic E-state index is 2.52. The zero-order valence-corrected chi connectivity index (χ0v) is 36.0. The molecule has 0 spiro atoms. The Balaban J connectivity index is 1.24. The summed E-state index contributed by atoms with van der Waals surface area (Å²) in [6.07, 6.45) is 0. The lowest BCUT2D eigenvalue weighted by Crippen LogP contribution is -2.11. The van der Waals surface area contributed by atoms with Crippen LogP contribution in [0.5, 0.6) is 0 Å². The van der Waals surface area contributed by atoms with Gasteiger partial charge in [0.2, 0.25) is 0 Å². The first kappa shape index (κ1) is 37.7. The van der Waals surface area contributed by atoms with Gasteiger partial charge < -0.3 is 18.9 Å². The van der Waals surface area contributed by atoms with Gasteiger partial charge in [-0.25, -0.2) is 0 Å². The van der Waals surface area contributed by atoms with Gasteiger partial charge in [-0.1, -0.05) is 158 Å². The molecule has 0 aliphatic heterocycles. The third-order valence-corrected chi connectivity index (χ3v) is 13.2. The Labute approximate surface area is 382 Å². The quantitative estimate of drug-likeness (QED) is 0.142. The first-order valence-corrected chi connectivity index (χ1v) is 22.6. The summed E-state index contributed by atoms with van der Waals surface area (Å²) in [6, 6.07) is 92.6. The Morgan fingerprint density at radius 2 is 0.455 bits per heavy atom. The Hall–Kier alpha value is -8.86. The van der Waals surface area contributed by atoms with Gasteiger partial charge in [-0.15, -0.1) is 0 Å². The van der Waals surface area contributed by atoms with E-state index < -0.39 is 0 Å². The van der Waals surface area contributed by atoms with E-state index >= 15 is 0 Å². The van der Waals surface area contributed by atoms with Crippen LogP contribution in [-0.2, 0) is 0 Å². The average molecular weight is 843 g/mol. The molecule has 0 radical (unpaired) electrons. The second-order valence-corrected chi connectivity index (χ2v) is 16.9. The second-order valence-electron chi connectivity index (χ2n) is 16.9. The van der Waals surface area contributed by atoms with Gasteiger partial charge >= 0.3 is 0 Å². The van der Waals surface area contributed by atoms with E-state index in [9.17, 15) is 0 Å². The number of anilines is 6. The van der Waals surface area contributed by atoms with Crippen LogP contribution in [-0.4, -0.2) is 9.13 Å². The molecule has 0 amide bonds. The molecule has 13 aromatic rings. The summed E-state index contributed by atoms with van der Waals surface area (Å²) in [5.74, 6) is 0. The molecule has 2 heterocycles. The maximum Gasteiger partial charge on any atom is 0.0621 e. The Bertz CT molecular complexity index is 3480. The summed E-state index contributed by atoms with van der Waals surface area (Å²) < 4.78 is 5.05. The molecule has 4 nitrogen and oxygen atoms in total. The molecule has 310 valence electrons. The fraction of sp³-hybridized carbons (Fsp3) is 0. The van der Waals surface area contributed by atoms with Crippen LogP contribution in [0.15, 0.2) is 255 Å². The molecule has 0 aliphatic carbocycles. The first-order chi connectivity index (χ1) is 32.8. The summed E-state index contributed by atoms with van der Waals surface area (Å²) in [4.78, 5) is 4.75. The molecule has 2 aromatic heterocycles. The molecule has 0 N–H and O–H groups in total. The SMILES string of the molecule is c1ccc(N(c2ccccc2)c2ccc3c(-n4c5ccccc5c5ccccc54)c4cc(N(c5ccccc5)c5ccccc5)ccc4c(-n4c5ccccc5c5ccccc54)c3c2)cc1. The Morgan fingerprint density at radius 1 is 0.197 bits per heavy atom. The Kier molecular flexibility index (Phi) is 8.81. The molecule has 0 saturated carbocycles. The van der Waals surface area contributed by atoms with Gasteiger partial charge in [0.15, 0.2) is 0 Å². The number of fused-ring (bicyclic) bond motifs is 8. The molecular formula is C62H42N4. The highest BCUT2D eigenvalue weighted by Gasteiger charge is 2.26. The van der Waals surface area contributed by atoms with Gasteiger partial charge in [0, 0.05) is 77.2 Å². The van der Waals surface area contributed by atoms with Crippen LogP contribution in [0.3, 0.4) is 0 Å². The highest BCUT2D eigenvalue weighted by Crippen LogP contribution is 2.48. The van der Waals surface area contributed by atoms with Gasteiger partial charge in [-0.05, 0) is 97.1 Å². The van der Waals surface area contributed by atoms with Crippen molar-refractivity contribution in [2.45, 2.75) is 0 Å². The number of hydrogen-bond acceptors (Lipinski definition) is 2. The minimum absolute atomic E-state index is 1.07. The van der Waals surface area contributed by atoms with Crippen molar-refractivity contribution in [3.05, 3.63) is 255 Å². The minimum Gasteiger partial charge on any atom is -0.310 e. The minimum atomic E-state index is 1.07. The number of nitrogens with zero attached hydrogens (tertiary/aromatic N) is 4. The molecule has 66 heavy (non-hydrogen) atoms. The molecule has 0 bridgehead atoms. The number of hydrogen-bond donors (Lipinski definition) is 0. The highest BCUT2D eigenvalue weighted by molar-refractivity contribution is 6.21. The summed E-state index contributed by atoms with van der Waals surface area (Å²) in [5.41, 5.74) is 13.5. The molecular weight excluding hydrogens is 801 g/mol. The van der Waals surface area contributed by atoms with Crippen LogP contribution >= 0.6 is 0 Å². The largest absolute Gasteiger partial charge is 0.310 e. The van der Waals surface area contributed by atoms with E-state index in [1.54, 1.807) is 0 Å². The van der Waals surface area contributed by atoms with E-state index in [4.69, 9.17) is 0 Å². The third-order valence-electron chi connectivity index (χ3n) is 13.2. The maximum atomic E-state index is 2.52. The van der Waals surface area contributed by atoms with Crippen LogP contribution < -0.4 is 9.80 Å². The van der Waals surface area contributed by atoms with Crippen molar-refractivity contribution in [1.82, 2.24) is 9.13 Å². The van der Waals surface area contributed by atoms with Crippen LogP contribution in [0.2, 0.25) is 0 Å². The van der Waals surface area contributed by atoms with E-state index in [0.717, 1.165) is 67.0 Å². The second kappa shape index (κ2) is 15.4. The van der Waals surface area contributed by atoms with Crippen LogP contribution in [0.25, 0.3) is 76.5 Å². The number of benzene rings is 11. The molecule has 0 unspecified atom stereocenters. The van der Waals surface area contributed by atoms with Gasteiger partial charge in [0.05, 0.1) is 33.4 Å². The van der Waals surface area contributed by atoms with E-state index in [1.807, 2.05) is 0 Å². The Morgan fingerprint density at radius 3 is 0.742 bits per heavy atom. The predicted molar refractivity (Wildman–Crippen MR) is 279 cm³/mol. The third kappa shape index (κ3) is 5.93. The van der Waals surface area contributed by atoms with Crippen molar-refractivity contribution in [2.24, 2.45) is 0 Å². The van der Waals surface area contributed by atoms with Crippen molar-refractivity contribution in [3.8, 4) is 11.4 Å². The topological polar surface area (TPSA) is 16.3 Å². The molecule has 0 atom stereocenters. The van der Waals surface area contributed by atoms with Crippen molar-refractivity contribution in [1.29, 1.82) is 0 Å². The van der Waals surface area contributed by atoms with E-state index in [1.165, 1.54) is 43.6 Å². The zero-order chi connectivity index (χ0) is 43.6. The number of rotatable bonds is 8. The molecule has 4 heteroatoms. The van der Waals surface area contributed by atoms with Crippen molar-refractivity contribution < 1.29 is 0 Å². The van der Waals surface area contributed by atoms with Crippen molar-refractivity contribution in [2.75, 3.05) is 9.80 Å². The zero-order valence-electron chi connectivity index (χ0n) is 36.0. The fourth-order valence-electron chi connectivity index (χ4n) is 10.4. The summed E-state index contributed by atoms with van der Waals surface area (Å²) in [6.45, 7) is 0. The number of para-hydroxylation sites is 8. The summed E-state index contributed by atoms with van der Waals surface area (Å²) in [7, 11) is 0. The predicted octanol–water partition coefficient (Wildman–Crippen LogP) is 17.1. The van der Waals surface area contributed by atoms with Crippen LogP contribution in [0, 0.1) is 0 Å². The summed E-state index contributed by atoms with van der Waals surface area (Å²) in [5, 5.41) is 9.50. The molecule has 13 rings (SSSR count). The van der Waals surface area contributed by atoms with Crippen molar-refractivity contribution >= 4 is 99.3 Å². The lowest BCUT2D eigenvalue weighted by Gasteiger charge is -2.28. The van der Waals surface area contributed by atoms with E-state index in [2.05, 4.69) is 274 Å². The van der Waals surface area contributed by atoms with E-state index in [0.29, 0.717) is 0 Å². The fourth-order valence-corrected chi connectivity index (χ4v) is 10.4. The van der Waals surface area contributed by atoms with Gasteiger partial charge in [0.25, 0.3) is 0 Å². The van der Waals surface area contributed by atoms with Crippen molar-refractivity contribution in [3.63, 3.8) is 0 Å². The van der Waals surface area contributed by atoms with E-state index in [-0.39, 0.29) is 0 Å². The lowest BCUT2D eigenvalue weighted by molar-refractivity contribution is 1.19. The highest BCUT2D eigenvalue weighted by atomic mass is 15.1. The molecule has 11 aromatic carbocycles. The van der Waals surface area contributed by atoms with Crippen LogP contribution in [0.4, 0.5) is 34.1 Å². The molecule has 0 saturated heterocycles. The number of aromatic nitrogens is 2. The standard InChI is InChI=1S/C62H42N4/c1-5-21-43(22-6-1)63(44-23-7-2-8-24-44)47-37-39-53-55(41-47)61(65-57-33-17-13-29-49(57)50-30-14-18-34-58(50)65)54-40-38-48(64(45-25-9-3-10-26-45)46-27-11-4-12-28-46)42-56(54)62(53)66-59-35-19-15-31-51(59)52-32-16-20-36-60(52)66/h1-42H.